The molecule has 0 nitrogen and oxygen atoms in total. The summed E-state index contributed by atoms with van der Waals surface area (Å²) >= 11 is 0. The second-order valence-corrected chi connectivity index (χ2v) is 4.51. The summed E-state index contributed by atoms with van der Waals surface area (Å²) in [6.07, 6.45) is 9.02. The molecular weight excluding hydrogens is 216 g/mol. The van der Waals surface area contributed by atoms with Gasteiger partial charge in [-0.25, -0.2) is 0 Å². The van der Waals surface area contributed by atoms with Crippen LogP contribution in [-0.4, -0.2) is 0 Å². The van der Waals surface area contributed by atoms with E-state index in [9.17, 15) is 0 Å². The average Bonchev–Trinajstić information content (AvgIpc) is 2.49. The van der Waals surface area contributed by atoms with Gasteiger partial charge >= 0.3 is 0 Å². The molecule has 0 bridgehead atoms. The van der Waals surface area contributed by atoms with Gasteiger partial charge in [0.25, 0.3) is 0 Å². The van der Waals surface area contributed by atoms with Crippen LogP contribution in [0.15, 0.2) is 22.3 Å². The van der Waals surface area contributed by atoms with Crippen LogP contribution in [0.25, 0.3) is 0 Å². The quantitative estimate of drug-likeness (QED) is 0.492. The Morgan fingerprint density at radius 3 is 2.67 bits per heavy atom. The molecule has 0 aliphatic heterocycles. The smallest absolute Gasteiger partial charge is 0 e. The first-order valence-corrected chi connectivity index (χ1v) is 6.05. The fourth-order valence-corrected chi connectivity index (χ4v) is 3.19. The molecular formula is C14H21Ti-. The zero-order valence-electron chi connectivity index (χ0n) is 10.2. The minimum Gasteiger partial charge on any atom is -0.189 e. The van der Waals surface area contributed by atoms with Gasteiger partial charge in [0.1, 0.15) is 0 Å². The van der Waals surface area contributed by atoms with Crippen molar-refractivity contribution in [2.24, 2.45) is 5.92 Å². The van der Waals surface area contributed by atoms with Crippen molar-refractivity contribution < 1.29 is 21.7 Å². The maximum Gasteiger partial charge on any atom is 0 e. The molecule has 2 aliphatic rings. The standard InChI is InChI=1S/C14H21.Ti/c1-4-11-10(3)12(5-2)14-9-7-6-8-13(11)14;/h8,12H,4-7,9H2,1-3H3;/q-1;. The number of rotatable bonds is 2. The normalized spacial score (nSPS) is 24.9. The van der Waals surface area contributed by atoms with Crippen LogP contribution in [0.3, 0.4) is 0 Å². The van der Waals surface area contributed by atoms with Crippen LogP contribution in [0, 0.1) is 12.3 Å². The molecule has 0 saturated carbocycles. The second kappa shape index (κ2) is 5.41. The van der Waals surface area contributed by atoms with Crippen molar-refractivity contribution >= 4 is 0 Å². The zero-order valence-corrected chi connectivity index (χ0v) is 11.8. The third-order valence-electron chi connectivity index (χ3n) is 3.85. The van der Waals surface area contributed by atoms with Crippen molar-refractivity contribution in [2.45, 2.75) is 52.9 Å². The number of allylic oxidation sites excluding steroid dienone is 4. The van der Waals surface area contributed by atoms with Gasteiger partial charge in [0.2, 0.25) is 0 Å². The van der Waals surface area contributed by atoms with Crippen LogP contribution in [0.5, 0.6) is 0 Å². The Kier molecular flexibility index (Phi) is 4.74. The summed E-state index contributed by atoms with van der Waals surface area (Å²) in [5.74, 6) is 0.788. The molecule has 0 aromatic heterocycles. The summed E-state index contributed by atoms with van der Waals surface area (Å²) in [7, 11) is 0. The third-order valence-corrected chi connectivity index (χ3v) is 3.85. The molecule has 2 aliphatic carbocycles. The van der Waals surface area contributed by atoms with Crippen LogP contribution >= 0.6 is 0 Å². The summed E-state index contributed by atoms with van der Waals surface area (Å²) in [6, 6.07) is 0. The van der Waals surface area contributed by atoms with E-state index < -0.39 is 0 Å². The monoisotopic (exact) mass is 237 g/mol. The van der Waals surface area contributed by atoms with Gasteiger partial charge in [0.15, 0.2) is 0 Å². The molecule has 0 aromatic rings. The number of hydrogen-bond donors (Lipinski definition) is 0. The summed E-state index contributed by atoms with van der Waals surface area (Å²) in [4.78, 5) is 0. The van der Waals surface area contributed by atoms with E-state index in [0.29, 0.717) is 0 Å². The van der Waals surface area contributed by atoms with Crippen LogP contribution in [0.1, 0.15) is 52.9 Å². The molecule has 1 heteroatoms. The van der Waals surface area contributed by atoms with E-state index in [4.69, 9.17) is 0 Å². The molecule has 1 atom stereocenters. The van der Waals surface area contributed by atoms with Gasteiger partial charge in [0.05, 0.1) is 0 Å². The molecule has 82 valence electrons. The molecule has 0 spiro atoms. The van der Waals surface area contributed by atoms with E-state index in [2.05, 4.69) is 27.2 Å². The van der Waals surface area contributed by atoms with Gasteiger partial charge in [-0.2, -0.15) is 23.1 Å². The molecule has 1 unspecified atom stereocenters. The van der Waals surface area contributed by atoms with Gasteiger partial charge in [-0.15, -0.1) is 5.57 Å². The van der Waals surface area contributed by atoms with E-state index in [-0.39, 0.29) is 21.7 Å². The van der Waals surface area contributed by atoms with Crippen LogP contribution in [-0.2, 0) is 21.7 Å². The Bertz CT molecular complexity index is 296. The van der Waals surface area contributed by atoms with Crippen molar-refractivity contribution in [1.29, 1.82) is 0 Å². The second-order valence-electron chi connectivity index (χ2n) is 4.51. The first-order chi connectivity index (χ1) is 6.79. The molecule has 0 radical (unpaired) electrons. The average molecular weight is 237 g/mol. The van der Waals surface area contributed by atoms with Crippen LogP contribution < -0.4 is 0 Å². The maximum atomic E-state index is 2.48. The zero-order chi connectivity index (χ0) is 10.1. The van der Waals surface area contributed by atoms with Crippen molar-refractivity contribution in [3.63, 3.8) is 0 Å². The van der Waals surface area contributed by atoms with E-state index in [1.165, 1.54) is 32.1 Å². The first kappa shape index (κ1) is 13.1. The minimum absolute atomic E-state index is 0. The van der Waals surface area contributed by atoms with Gasteiger partial charge < -0.3 is 0 Å². The topological polar surface area (TPSA) is 0 Å². The Morgan fingerprint density at radius 2 is 2.07 bits per heavy atom. The fraction of sp³-hybridized carbons (Fsp3) is 0.643. The predicted molar refractivity (Wildman–Crippen MR) is 61.9 cm³/mol. The van der Waals surface area contributed by atoms with Gasteiger partial charge in [-0.3, -0.25) is 0 Å². The largest absolute Gasteiger partial charge is 0.189 e. The Labute approximate surface area is 109 Å². The van der Waals surface area contributed by atoms with Crippen molar-refractivity contribution in [3.05, 3.63) is 28.7 Å². The van der Waals surface area contributed by atoms with Crippen molar-refractivity contribution in [2.75, 3.05) is 0 Å². The molecule has 2 rings (SSSR count). The number of hydrogen-bond acceptors (Lipinski definition) is 0. The molecule has 0 aromatic carbocycles. The maximum absolute atomic E-state index is 2.48. The minimum atomic E-state index is 0. The molecule has 0 saturated heterocycles. The fourth-order valence-electron chi connectivity index (χ4n) is 3.19. The summed E-state index contributed by atoms with van der Waals surface area (Å²) in [5.41, 5.74) is 6.72. The molecule has 0 N–H and O–H groups in total. The van der Waals surface area contributed by atoms with Gasteiger partial charge in [-0.1, -0.05) is 58.8 Å². The molecule has 0 heterocycles. The van der Waals surface area contributed by atoms with Gasteiger partial charge in [0, 0.05) is 21.7 Å². The third kappa shape index (κ3) is 2.12. The van der Waals surface area contributed by atoms with Gasteiger partial charge in [-0.05, 0) is 0 Å². The predicted octanol–water partition coefficient (Wildman–Crippen LogP) is 4.43. The summed E-state index contributed by atoms with van der Waals surface area (Å²) < 4.78 is 0. The van der Waals surface area contributed by atoms with Crippen molar-refractivity contribution in [3.8, 4) is 0 Å². The summed E-state index contributed by atoms with van der Waals surface area (Å²) in [6.45, 7) is 6.97. The van der Waals surface area contributed by atoms with E-state index >= 15 is 0 Å². The first-order valence-electron chi connectivity index (χ1n) is 6.05. The van der Waals surface area contributed by atoms with Crippen molar-refractivity contribution in [1.82, 2.24) is 0 Å². The Balaban J connectivity index is 0.00000112. The van der Waals surface area contributed by atoms with E-state index in [0.717, 1.165) is 5.92 Å². The molecule has 0 fully saturated rings. The molecule has 15 heavy (non-hydrogen) atoms. The summed E-state index contributed by atoms with van der Waals surface area (Å²) in [5, 5.41) is 0. The SMILES string of the molecule is CCC1=C(C)C(CC)C2=C1[CH-]CCC2.[Ti]. The Morgan fingerprint density at radius 1 is 1.33 bits per heavy atom. The Hall–Kier alpha value is 0.0643. The van der Waals surface area contributed by atoms with E-state index in [1.807, 2.05) is 0 Å². The van der Waals surface area contributed by atoms with Crippen LogP contribution in [0.2, 0.25) is 0 Å². The van der Waals surface area contributed by atoms with E-state index in [1.54, 1.807) is 22.3 Å². The van der Waals surface area contributed by atoms with Crippen LogP contribution in [0.4, 0.5) is 0 Å². The molecule has 0 amide bonds.